The van der Waals surface area contributed by atoms with Crippen LogP contribution in [0.3, 0.4) is 0 Å². The quantitative estimate of drug-likeness (QED) is 0.151. The summed E-state index contributed by atoms with van der Waals surface area (Å²) in [6.45, 7) is 0. The lowest BCUT2D eigenvalue weighted by molar-refractivity contribution is 0.674. The van der Waals surface area contributed by atoms with Crippen molar-refractivity contribution in [2.24, 2.45) is 0 Å². The monoisotopic (exact) mass is 862 g/mol. The molecule has 0 atom stereocenters. The van der Waals surface area contributed by atoms with E-state index in [2.05, 4.69) is 84.9 Å². The van der Waals surface area contributed by atoms with Crippen LogP contribution in [0.5, 0.6) is 0 Å². The van der Waals surface area contributed by atoms with Crippen molar-refractivity contribution in [2.75, 3.05) is 4.90 Å². The van der Waals surface area contributed by atoms with E-state index in [1.807, 2.05) is 121 Å². The zero-order chi connectivity index (χ0) is 52.1. The van der Waals surface area contributed by atoms with Gasteiger partial charge in [-0.3, -0.25) is 0 Å². The molecule has 1 aromatic heterocycles. The van der Waals surface area contributed by atoms with Crippen LogP contribution in [0, 0.1) is 0 Å². The van der Waals surface area contributed by atoms with Crippen LogP contribution in [0.25, 0.3) is 77.2 Å². The lowest BCUT2D eigenvalue weighted by atomic mass is 9.67. The van der Waals surface area contributed by atoms with E-state index in [4.69, 9.17) is 11.3 Å². The van der Waals surface area contributed by atoms with Crippen molar-refractivity contribution in [3.63, 3.8) is 0 Å². The number of rotatable bonds is 8. The van der Waals surface area contributed by atoms with Gasteiger partial charge < -0.3 is 9.32 Å². The highest BCUT2D eigenvalue weighted by atomic mass is 16.3. The minimum Gasteiger partial charge on any atom is -0.455 e. The first-order valence-corrected chi connectivity index (χ1v) is 22.4. The summed E-state index contributed by atoms with van der Waals surface area (Å²) >= 11 is 0. The summed E-state index contributed by atoms with van der Waals surface area (Å²) in [5.41, 5.74) is 10.2. The summed E-state index contributed by atoms with van der Waals surface area (Å²) in [4.78, 5) is 1.79. The van der Waals surface area contributed by atoms with Crippen molar-refractivity contribution in [1.82, 2.24) is 0 Å². The van der Waals surface area contributed by atoms with Crippen molar-refractivity contribution in [3.8, 4) is 44.5 Å². The minimum absolute atomic E-state index is 0.112. The highest BCUT2D eigenvalue weighted by Gasteiger charge is 2.46. The molecule has 0 bridgehead atoms. The van der Waals surface area contributed by atoms with Gasteiger partial charge in [-0.1, -0.05) is 218 Å². The average Bonchev–Trinajstić information content (AvgIpc) is 4.12. The maximum atomic E-state index is 10.1. The number of hydrogen-bond donors (Lipinski definition) is 0. The predicted molar refractivity (Wildman–Crippen MR) is 280 cm³/mol. The first-order chi connectivity index (χ1) is 37.0. The molecule has 2 heteroatoms. The van der Waals surface area contributed by atoms with E-state index in [1.165, 1.54) is 0 Å². The Morgan fingerprint density at radius 3 is 1.60 bits per heavy atom. The lowest BCUT2D eigenvalue weighted by Gasteiger charge is -2.35. The van der Waals surface area contributed by atoms with E-state index in [0.717, 1.165) is 71.8 Å². The molecule has 0 fully saturated rings. The predicted octanol–water partition coefficient (Wildman–Crippen LogP) is 17.6. The van der Waals surface area contributed by atoms with Crippen LogP contribution in [0.4, 0.5) is 17.1 Å². The normalized spacial score (nSPS) is 14.5. The van der Waals surface area contributed by atoms with Gasteiger partial charge in [0.15, 0.2) is 0 Å². The van der Waals surface area contributed by atoms with E-state index in [0.29, 0.717) is 27.9 Å². The standard InChI is InChI=1S/C65H43NO/c1-6-20-44(21-7-1)45-34-36-50(37-35-45)66(51-38-39-55-54-31-18-19-33-59(54)65(60(55)42-51,48-26-12-4-13-27-48)49-28-14-5-15-29-49)61-41-40-52(46-22-8-2-9-23-46)64-62(61)58-43-57(47-24-10-3-11-25-47)53-30-16-17-32-56(53)63(58)67-64/h1-43H/i1D,6D,7D,20D,21D,34D,35D,36D,37D. The molecule has 0 saturated heterocycles. The summed E-state index contributed by atoms with van der Waals surface area (Å²) in [5, 5.41) is 3.28. The van der Waals surface area contributed by atoms with Gasteiger partial charge in [-0.05, 0) is 109 Å². The van der Waals surface area contributed by atoms with Crippen molar-refractivity contribution in [1.29, 1.82) is 0 Å². The van der Waals surface area contributed by atoms with E-state index in [9.17, 15) is 5.48 Å². The molecule has 314 valence electrons. The summed E-state index contributed by atoms with van der Waals surface area (Å²) < 4.78 is 90.2. The second-order valence-electron chi connectivity index (χ2n) is 16.8. The number of furan rings is 1. The van der Waals surface area contributed by atoms with Gasteiger partial charge in [0.2, 0.25) is 0 Å². The van der Waals surface area contributed by atoms with Crippen LogP contribution in [0.15, 0.2) is 265 Å². The maximum absolute atomic E-state index is 10.1. The van der Waals surface area contributed by atoms with Gasteiger partial charge in [0.25, 0.3) is 0 Å². The van der Waals surface area contributed by atoms with Crippen LogP contribution >= 0.6 is 0 Å². The van der Waals surface area contributed by atoms with Gasteiger partial charge in [-0.15, -0.1) is 0 Å². The van der Waals surface area contributed by atoms with Crippen molar-refractivity contribution in [2.45, 2.75) is 5.41 Å². The van der Waals surface area contributed by atoms with Crippen LogP contribution in [-0.4, -0.2) is 0 Å². The van der Waals surface area contributed by atoms with Crippen molar-refractivity contribution in [3.05, 3.63) is 283 Å². The molecule has 0 N–H and O–H groups in total. The van der Waals surface area contributed by atoms with Crippen molar-refractivity contribution >= 4 is 49.8 Å². The van der Waals surface area contributed by atoms with Gasteiger partial charge in [-0.2, -0.15) is 0 Å². The van der Waals surface area contributed by atoms with Crippen LogP contribution in [-0.2, 0) is 5.41 Å². The summed E-state index contributed by atoms with van der Waals surface area (Å²) in [5.74, 6) is 0. The Morgan fingerprint density at radius 2 is 0.910 bits per heavy atom. The topological polar surface area (TPSA) is 16.4 Å². The minimum atomic E-state index is -0.853. The van der Waals surface area contributed by atoms with Crippen molar-refractivity contribution < 1.29 is 16.8 Å². The molecule has 1 aliphatic carbocycles. The third kappa shape index (κ3) is 6.11. The molecule has 12 aromatic rings. The molecule has 0 radical (unpaired) electrons. The van der Waals surface area contributed by atoms with Crippen LogP contribution < -0.4 is 4.90 Å². The summed E-state index contributed by atoms with van der Waals surface area (Å²) in [6, 6.07) is 64.4. The molecule has 1 aliphatic rings. The Kier molecular flexibility index (Phi) is 7.16. The Bertz CT molecular complexity index is 4240. The number of hydrogen-bond acceptors (Lipinski definition) is 2. The first kappa shape index (κ1) is 30.4. The molecule has 2 nitrogen and oxygen atoms in total. The highest BCUT2D eigenvalue weighted by Crippen LogP contribution is 2.58. The Labute approximate surface area is 402 Å². The van der Waals surface area contributed by atoms with E-state index in [1.54, 1.807) is 4.90 Å². The third-order valence-electron chi connectivity index (χ3n) is 13.3. The van der Waals surface area contributed by atoms with Crippen LogP contribution in [0.2, 0.25) is 0 Å². The summed E-state index contributed by atoms with van der Waals surface area (Å²) in [7, 11) is 0. The number of anilines is 3. The molecule has 0 unspecified atom stereocenters. The molecular formula is C65H43NO. The molecule has 1 heterocycles. The first-order valence-electron chi connectivity index (χ1n) is 26.9. The number of benzene rings is 11. The third-order valence-corrected chi connectivity index (χ3v) is 13.3. The maximum Gasteiger partial charge on any atom is 0.145 e. The van der Waals surface area contributed by atoms with Gasteiger partial charge >= 0.3 is 0 Å². The lowest BCUT2D eigenvalue weighted by Crippen LogP contribution is -2.28. The smallest absolute Gasteiger partial charge is 0.145 e. The molecule has 0 amide bonds. The Morgan fingerprint density at radius 1 is 0.358 bits per heavy atom. The van der Waals surface area contributed by atoms with Gasteiger partial charge in [0.1, 0.15) is 11.2 Å². The number of nitrogens with zero attached hydrogens (tertiary/aromatic N) is 1. The van der Waals surface area contributed by atoms with Gasteiger partial charge in [0.05, 0.1) is 28.8 Å². The molecular weight excluding hydrogens is 811 g/mol. The molecule has 0 spiro atoms. The van der Waals surface area contributed by atoms with E-state index < -0.39 is 70.9 Å². The van der Waals surface area contributed by atoms with E-state index >= 15 is 0 Å². The summed E-state index contributed by atoms with van der Waals surface area (Å²) in [6.07, 6.45) is 0. The highest BCUT2D eigenvalue weighted by molar-refractivity contribution is 6.24. The molecule has 67 heavy (non-hydrogen) atoms. The molecule has 13 rings (SSSR count). The fourth-order valence-corrected chi connectivity index (χ4v) is 10.5. The van der Waals surface area contributed by atoms with Gasteiger partial charge in [-0.25, -0.2) is 0 Å². The second kappa shape index (κ2) is 15.8. The fourth-order valence-electron chi connectivity index (χ4n) is 10.5. The van der Waals surface area contributed by atoms with Gasteiger partial charge in [0, 0.05) is 27.7 Å². The van der Waals surface area contributed by atoms with Crippen LogP contribution in [0.1, 0.15) is 34.6 Å². The zero-order valence-electron chi connectivity index (χ0n) is 45.0. The number of fused-ring (bicyclic) bond motifs is 8. The molecule has 0 saturated carbocycles. The van der Waals surface area contributed by atoms with E-state index in [-0.39, 0.29) is 5.69 Å². The second-order valence-corrected chi connectivity index (χ2v) is 16.8. The zero-order valence-corrected chi connectivity index (χ0v) is 36.0. The average molecular weight is 863 g/mol. The molecule has 0 aliphatic heterocycles. The SMILES string of the molecule is [2H]c1c([2H])c([2H])c(-c2c([2H])c([2H])c(N(c3ccc4c(c3)C(c3ccccc3)(c3ccccc3)c3ccccc3-4)c3ccc(-c4ccccc4)c4oc5c6ccccc6c(-c6ccccc6)cc5c34)c([2H])c2[2H])c([2H])c1[2H]. The largest absolute Gasteiger partial charge is 0.455 e. The Hall–Kier alpha value is -8.72. The molecule has 11 aromatic carbocycles. The fraction of sp³-hybridized carbons (Fsp3) is 0.0154. The Balaban J connectivity index is 1.19.